The first-order valence-electron chi connectivity index (χ1n) is 7.73. The van der Waals surface area contributed by atoms with Crippen molar-refractivity contribution >= 4 is 9.84 Å². The molecule has 0 radical (unpaired) electrons. The first-order valence-corrected chi connectivity index (χ1v) is 9.38. The number of sulfone groups is 1. The number of hydrogen-bond acceptors (Lipinski definition) is 4. The van der Waals surface area contributed by atoms with Crippen LogP contribution in [0.5, 0.6) is 0 Å². The first-order chi connectivity index (χ1) is 9.85. The molecule has 21 heavy (non-hydrogen) atoms. The van der Waals surface area contributed by atoms with Gasteiger partial charge in [-0.15, -0.1) is 0 Å². The molecule has 0 bridgehead atoms. The molecule has 0 amide bonds. The second kappa shape index (κ2) is 6.48. The van der Waals surface area contributed by atoms with E-state index in [1.807, 2.05) is 32.3 Å². The Morgan fingerprint density at radius 2 is 2.14 bits per heavy atom. The Bertz CT molecular complexity index is 586. The zero-order valence-electron chi connectivity index (χ0n) is 13.4. The van der Waals surface area contributed by atoms with Crippen LogP contribution in [-0.4, -0.2) is 36.4 Å². The highest BCUT2D eigenvalue weighted by molar-refractivity contribution is 7.91. The van der Waals surface area contributed by atoms with Gasteiger partial charge in [-0.25, -0.2) is 13.4 Å². The molecule has 2 rings (SSSR count). The highest BCUT2D eigenvalue weighted by atomic mass is 32.2. The molecule has 1 aromatic rings. The number of ether oxygens (including phenoxy) is 1. The van der Waals surface area contributed by atoms with Crippen molar-refractivity contribution < 1.29 is 13.2 Å². The van der Waals surface area contributed by atoms with Gasteiger partial charge in [0.15, 0.2) is 0 Å². The number of aromatic nitrogens is 2. The third-order valence-corrected chi connectivity index (χ3v) is 6.19. The molecular weight excluding hydrogens is 288 g/mol. The Morgan fingerprint density at radius 3 is 2.71 bits per heavy atom. The van der Waals surface area contributed by atoms with E-state index in [0.29, 0.717) is 6.54 Å². The molecule has 1 fully saturated rings. The van der Waals surface area contributed by atoms with Crippen molar-refractivity contribution in [3.63, 3.8) is 0 Å². The molecule has 0 aliphatic carbocycles. The lowest BCUT2D eigenvalue weighted by molar-refractivity contribution is 0.0943. The molecule has 5 nitrogen and oxygen atoms in total. The van der Waals surface area contributed by atoms with Crippen LogP contribution in [0.2, 0.25) is 0 Å². The van der Waals surface area contributed by atoms with E-state index in [0.717, 1.165) is 37.3 Å². The summed E-state index contributed by atoms with van der Waals surface area (Å²) in [6, 6.07) is 0. The maximum absolute atomic E-state index is 12.6. The number of imidazole rings is 1. The molecule has 0 saturated carbocycles. The normalized spacial score (nSPS) is 20.9. The van der Waals surface area contributed by atoms with Crippen molar-refractivity contribution in [2.24, 2.45) is 5.92 Å². The van der Waals surface area contributed by atoms with Crippen LogP contribution in [0, 0.1) is 19.8 Å². The SMILES string of the molecule is CC[C@@H](C)CS(=O)(=O)c1nc(C)c(C)n1C[C@H]1CCCO1. The molecule has 0 spiro atoms. The van der Waals surface area contributed by atoms with E-state index >= 15 is 0 Å². The monoisotopic (exact) mass is 314 g/mol. The molecule has 0 aromatic carbocycles. The number of aryl methyl sites for hydroxylation is 1. The van der Waals surface area contributed by atoms with Crippen molar-refractivity contribution in [1.29, 1.82) is 0 Å². The van der Waals surface area contributed by atoms with Crippen LogP contribution in [0.4, 0.5) is 0 Å². The van der Waals surface area contributed by atoms with Gasteiger partial charge in [-0.1, -0.05) is 20.3 Å². The Morgan fingerprint density at radius 1 is 1.43 bits per heavy atom. The summed E-state index contributed by atoms with van der Waals surface area (Å²) in [4.78, 5) is 4.33. The molecular formula is C15H26N2O3S. The predicted octanol–water partition coefficient (Wildman–Crippen LogP) is 2.50. The largest absolute Gasteiger partial charge is 0.376 e. The van der Waals surface area contributed by atoms with Gasteiger partial charge in [-0.3, -0.25) is 0 Å². The molecule has 2 heterocycles. The van der Waals surface area contributed by atoms with Crippen molar-refractivity contribution in [3.05, 3.63) is 11.4 Å². The van der Waals surface area contributed by atoms with E-state index in [-0.39, 0.29) is 22.9 Å². The average Bonchev–Trinajstić information content (AvgIpc) is 3.02. The second-order valence-corrected chi connectivity index (χ2v) is 8.03. The highest BCUT2D eigenvalue weighted by Crippen LogP contribution is 2.22. The third kappa shape index (κ3) is 3.66. The fraction of sp³-hybridized carbons (Fsp3) is 0.800. The van der Waals surface area contributed by atoms with Crippen molar-refractivity contribution in [3.8, 4) is 0 Å². The Hall–Kier alpha value is -0.880. The van der Waals surface area contributed by atoms with Gasteiger partial charge in [0.25, 0.3) is 0 Å². The van der Waals surface area contributed by atoms with E-state index in [9.17, 15) is 8.42 Å². The topological polar surface area (TPSA) is 61.2 Å². The first kappa shape index (κ1) is 16.5. The Kier molecular flexibility index (Phi) is 5.09. The zero-order valence-corrected chi connectivity index (χ0v) is 14.2. The lowest BCUT2D eigenvalue weighted by Gasteiger charge is -2.16. The van der Waals surface area contributed by atoms with Gasteiger partial charge in [0.1, 0.15) is 0 Å². The van der Waals surface area contributed by atoms with Crippen LogP contribution in [0.15, 0.2) is 5.16 Å². The van der Waals surface area contributed by atoms with E-state index in [2.05, 4.69) is 4.98 Å². The summed E-state index contributed by atoms with van der Waals surface area (Å²) < 4.78 is 32.8. The fourth-order valence-electron chi connectivity index (χ4n) is 2.63. The van der Waals surface area contributed by atoms with Gasteiger partial charge in [0.05, 0.1) is 24.1 Å². The molecule has 1 saturated heterocycles. The van der Waals surface area contributed by atoms with Crippen LogP contribution < -0.4 is 0 Å². The van der Waals surface area contributed by atoms with Gasteiger partial charge in [-0.05, 0) is 32.6 Å². The molecule has 6 heteroatoms. The van der Waals surface area contributed by atoms with Gasteiger partial charge < -0.3 is 9.30 Å². The summed E-state index contributed by atoms with van der Waals surface area (Å²) in [6.07, 6.45) is 2.99. The number of rotatable bonds is 6. The van der Waals surface area contributed by atoms with Crippen LogP contribution >= 0.6 is 0 Å². The smallest absolute Gasteiger partial charge is 0.228 e. The van der Waals surface area contributed by atoms with Gasteiger partial charge in [-0.2, -0.15) is 0 Å². The molecule has 1 aliphatic heterocycles. The molecule has 0 unspecified atom stereocenters. The van der Waals surface area contributed by atoms with E-state index in [1.54, 1.807) is 0 Å². The maximum atomic E-state index is 12.6. The molecule has 1 aliphatic rings. The van der Waals surface area contributed by atoms with Crippen LogP contribution in [0.1, 0.15) is 44.5 Å². The lowest BCUT2D eigenvalue weighted by Crippen LogP contribution is -2.23. The van der Waals surface area contributed by atoms with Gasteiger partial charge in [0.2, 0.25) is 15.0 Å². The summed E-state index contributed by atoms with van der Waals surface area (Å²) in [7, 11) is -3.35. The van der Waals surface area contributed by atoms with E-state index < -0.39 is 9.84 Å². The molecule has 1 aromatic heterocycles. The summed E-state index contributed by atoms with van der Waals surface area (Å²) in [5.41, 5.74) is 1.71. The summed E-state index contributed by atoms with van der Waals surface area (Å²) in [5, 5.41) is 0.216. The number of nitrogens with zero attached hydrogens (tertiary/aromatic N) is 2. The van der Waals surface area contributed by atoms with E-state index in [4.69, 9.17) is 4.74 Å². The van der Waals surface area contributed by atoms with Crippen molar-refractivity contribution in [1.82, 2.24) is 9.55 Å². The van der Waals surface area contributed by atoms with Crippen LogP contribution in [0.25, 0.3) is 0 Å². The number of hydrogen-bond donors (Lipinski definition) is 0. The average molecular weight is 314 g/mol. The van der Waals surface area contributed by atoms with Gasteiger partial charge >= 0.3 is 0 Å². The predicted molar refractivity (Wildman–Crippen MR) is 82.2 cm³/mol. The fourth-order valence-corrected chi connectivity index (χ4v) is 4.59. The van der Waals surface area contributed by atoms with Crippen molar-refractivity contribution in [2.75, 3.05) is 12.4 Å². The van der Waals surface area contributed by atoms with Crippen LogP contribution in [0.3, 0.4) is 0 Å². The minimum Gasteiger partial charge on any atom is -0.376 e. The molecule has 2 atom stereocenters. The Labute approximate surface area is 127 Å². The summed E-state index contributed by atoms with van der Waals surface area (Å²) in [6.45, 7) is 9.12. The van der Waals surface area contributed by atoms with Gasteiger partial charge in [0, 0.05) is 12.3 Å². The third-order valence-electron chi connectivity index (χ3n) is 4.31. The molecule has 120 valence electrons. The highest BCUT2D eigenvalue weighted by Gasteiger charge is 2.28. The summed E-state index contributed by atoms with van der Waals surface area (Å²) in [5.74, 6) is 0.300. The molecule has 0 N–H and O–H groups in total. The minimum absolute atomic E-state index is 0.106. The van der Waals surface area contributed by atoms with Crippen molar-refractivity contribution in [2.45, 2.75) is 64.8 Å². The quantitative estimate of drug-likeness (QED) is 0.809. The second-order valence-electron chi connectivity index (χ2n) is 6.11. The maximum Gasteiger partial charge on any atom is 0.228 e. The lowest BCUT2D eigenvalue weighted by atomic mass is 10.2. The minimum atomic E-state index is -3.35. The Balaban J connectivity index is 2.32. The van der Waals surface area contributed by atoms with Crippen LogP contribution in [-0.2, 0) is 21.1 Å². The summed E-state index contributed by atoms with van der Waals surface area (Å²) >= 11 is 0. The van der Waals surface area contributed by atoms with E-state index in [1.165, 1.54) is 0 Å². The zero-order chi connectivity index (χ0) is 15.6. The standard InChI is InChI=1S/C15H26N2O3S/c1-5-11(2)10-21(18,19)15-16-12(3)13(4)17(15)9-14-7-6-8-20-14/h11,14H,5-10H2,1-4H3/t11-,14-/m1/s1.